The van der Waals surface area contributed by atoms with Gasteiger partial charge in [-0.15, -0.1) is 0 Å². The Morgan fingerprint density at radius 3 is 2.95 bits per heavy atom. The fraction of sp³-hybridized carbons (Fsp3) is 0.357. The van der Waals surface area contributed by atoms with Crippen LogP contribution in [0.15, 0.2) is 35.2 Å². The van der Waals surface area contributed by atoms with E-state index in [0.717, 1.165) is 35.4 Å². The molecule has 0 unspecified atom stereocenters. The molecule has 0 aliphatic rings. The number of nitrogens with one attached hydrogen (secondary N) is 1. The topological polar surface area (TPSA) is 39.1 Å². The molecule has 1 aromatic heterocycles. The van der Waals surface area contributed by atoms with Crippen LogP contribution in [0.4, 0.5) is 5.69 Å². The number of benzene rings is 1. The lowest BCUT2D eigenvalue weighted by molar-refractivity contribution is 0.414. The lowest BCUT2D eigenvalue weighted by atomic mass is 10.3. The summed E-state index contributed by atoms with van der Waals surface area (Å²) >= 11 is 3.47. The summed E-state index contributed by atoms with van der Waals surface area (Å²) in [6.45, 7) is 3.91. The molecule has 0 saturated carbocycles. The molecule has 0 spiro atoms. The van der Waals surface area contributed by atoms with E-state index in [1.54, 1.807) is 7.11 Å². The van der Waals surface area contributed by atoms with Crippen LogP contribution in [-0.2, 0) is 13.1 Å². The molecule has 0 bridgehead atoms. The second kappa shape index (κ2) is 6.61. The Balaban J connectivity index is 2.05. The third kappa shape index (κ3) is 3.73. The van der Waals surface area contributed by atoms with E-state index in [2.05, 4.69) is 37.7 Å². The van der Waals surface area contributed by atoms with Crippen molar-refractivity contribution in [1.82, 2.24) is 9.55 Å². The number of anilines is 1. The molecule has 19 heavy (non-hydrogen) atoms. The smallest absolute Gasteiger partial charge is 0.122 e. The minimum atomic E-state index is 0.750. The highest BCUT2D eigenvalue weighted by atomic mass is 79.9. The molecular formula is C14H18BrN3O. The van der Waals surface area contributed by atoms with E-state index in [0.29, 0.717) is 0 Å². The van der Waals surface area contributed by atoms with Gasteiger partial charge in [0.1, 0.15) is 5.75 Å². The maximum Gasteiger partial charge on any atom is 0.122 e. The molecule has 0 fully saturated rings. The summed E-state index contributed by atoms with van der Waals surface area (Å²) in [6.07, 6.45) is 4.88. The number of rotatable bonds is 6. The number of aryl methyl sites for hydroxylation is 1. The minimum absolute atomic E-state index is 0.750. The second-order valence-corrected chi connectivity index (χ2v) is 5.23. The third-order valence-corrected chi connectivity index (χ3v) is 3.30. The quantitative estimate of drug-likeness (QED) is 0.881. The molecule has 102 valence electrons. The van der Waals surface area contributed by atoms with Crippen molar-refractivity contribution in [2.75, 3.05) is 12.4 Å². The Labute approximate surface area is 121 Å². The number of halogens is 1. The molecule has 1 heterocycles. The van der Waals surface area contributed by atoms with E-state index >= 15 is 0 Å². The van der Waals surface area contributed by atoms with Crippen LogP contribution in [0.25, 0.3) is 0 Å². The molecule has 2 aromatic rings. The van der Waals surface area contributed by atoms with Gasteiger partial charge in [-0.05, 0) is 18.6 Å². The summed E-state index contributed by atoms with van der Waals surface area (Å²) in [5, 5.41) is 3.39. The van der Waals surface area contributed by atoms with Crippen LogP contribution in [0.3, 0.4) is 0 Å². The van der Waals surface area contributed by atoms with Crippen molar-refractivity contribution in [1.29, 1.82) is 0 Å². The fourth-order valence-electron chi connectivity index (χ4n) is 1.91. The van der Waals surface area contributed by atoms with Gasteiger partial charge in [0.25, 0.3) is 0 Å². The molecule has 0 atom stereocenters. The Hall–Kier alpha value is -1.49. The predicted octanol–water partition coefficient (Wildman–Crippen LogP) is 3.68. The number of ether oxygens (including phenoxy) is 1. The van der Waals surface area contributed by atoms with Gasteiger partial charge in [-0.1, -0.05) is 22.9 Å². The van der Waals surface area contributed by atoms with Crippen LogP contribution >= 0.6 is 15.9 Å². The molecule has 1 aromatic carbocycles. The highest BCUT2D eigenvalue weighted by molar-refractivity contribution is 9.10. The van der Waals surface area contributed by atoms with Crippen LogP contribution in [-0.4, -0.2) is 16.7 Å². The number of aromatic nitrogens is 2. The summed E-state index contributed by atoms with van der Waals surface area (Å²) in [6, 6.07) is 5.95. The van der Waals surface area contributed by atoms with Crippen molar-refractivity contribution in [3.63, 3.8) is 0 Å². The van der Waals surface area contributed by atoms with E-state index in [9.17, 15) is 0 Å². The minimum Gasteiger partial charge on any atom is -0.497 e. The molecular weight excluding hydrogens is 306 g/mol. The normalized spacial score (nSPS) is 10.5. The average molecular weight is 324 g/mol. The third-order valence-electron chi connectivity index (χ3n) is 2.84. The van der Waals surface area contributed by atoms with Crippen molar-refractivity contribution < 1.29 is 4.74 Å². The Bertz CT molecular complexity index is 539. The van der Waals surface area contributed by atoms with Gasteiger partial charge in [-0.2, -0.15) is 0 Å². The number of imidazole rings is 1. The number of hydrogen-bond donors (Lipinski definition) is 1. The van der Waals surface area contributed by atoms with Gasteiger partial charge in [0.2, 0.25) is 0 Å². The molecule has 0 aliphatic heterocycles. The molecule has 0 amide bonds. The predicted molar refractivity (Wildman–Crippen MR) is 80.5 cm³/mol. The van der Waals surface area contributed by atoms with E-state index < -0.39 is 0 Å². The first kappa shape index (κ1) is 13.9. The molecule has 2 rings (SSSR count). The molecule has 0 saturated heterocycles. The summed E-state index contributed by atoms with van der Waals surface area (Å²) in [7, 11) is 1.67. The van der Waals surface area contributed by atoms with Crippen LogP contribution in [0, 0.1) is 0 Å². The van der Waals surface area contributed by atoms with Crippen LogP contribution in [0.2, 0.25) is 0 Å². The first-order valence-electron chi connectivity index (χ1n) is 6.30. The van der Waals surface area contributed by atoms with E-state index in [1.165, 1.54) is 5.69 Å². The van der Waals surface area contributed by atoms with Gasteiger partial charge in [0, 0.05) is 29.0 Å². The fourth-order valence-corrected chi connectivity index (χ4v) is 2.39. The summed E-state index contributed by atoms with van der Waals surface area (Å²) < 4.78 is 8.41. The standard InChI is InChI=1S/C14H18BrN3O/c1-3-4-18-10-16-8-13(18)9-17-12-5-11(15)6-14(7-12)19-2/h5-8,10,17H,3-4,9H2,1-2H3. The van der Waals surface area contributed by atoms with Crippen molar-refractivity contribution >= 4 is 21.6 Å². The maximum atomic E-state index is 5.25. The van der Waals surface area contributed by atoms with Crippen molar-refractivity contribution in [3.05, 3.63) is 40.9 Å². The van der Waals surface area contributed by atoms with Crippen LogP contribution in [0.1, 0.15) is 19.0 Å². The number of nitrogens with zero attached hydrogens (tertiary/aromatic N) is 2. The number of hydrogen-bond acceptors (Lipinski definition) is 3. The zero-order chi connectivity index (χ0) is 13.7. The average Bonchev–Trinajstić information content (AvgIpc) is 2.83. The van der Waals surface area contributed by atoms with E-state index in [-0.39, 0.29) is 0 Å². The lowest BCUT2D eigenvalue weighted by Crippen LogP contribution is -2.07. The molecule has 0 aliphatic carbocycles. The largest absolute Gasteiger partial charge is 0.497 e. The van der Waals surface area contributed by atoms with Gasteiger partial charge >= 0.3 is 0 Å². The summed E-state index contributed by atoms with van der Waals surface area (Å²) in [5.41, 5.74) is 2.20. The van der Waals surface area contributed by atoms with Crippen molar-refractivity contribution in [3.8, 4) is 5.75 Å². The van der Waals surface area contributed by atoms with Crippen molar-refractivity contribution in [2.24, 2.45) is 0 Å². The van der Waals surface area contributed by atoms with Gasteiger partial charge < -0.3 is 14.6 Å². The van der Waals surface area contributed by atoms with Crippen LogP contribution < -0.4 is 10.1 Å². The highest BCUT2D eigenvalue weighted by Crippen LogP contribution is 2.24. The molecule has 5 heteroatoms. The van der Waals surface area contributed by atoms with Gasteiger partial charge in [0.15, 0.2) is 0 Å². The van der Waals surface area contributed by atoms with Crippen molar-refractivity contribution in [2.45, 2.75) is 26.4 Å². The molecule has 1 N–H and O–H groups in total. The Morgan fingerprint density at radius 1 is 1.37 bits per heavy atom. The van der Waals surface area contributed by atoms with Gasteiger partial charge in [-0.3, -0.25) is 0 Å². The zero-order valence-corrected chi connectivity index (χ0v) is 12.8. The maximum absolute atomic E-state index is 5.25. The SMILES string of the molecule is CCCn1cncc1CNc1cc(Br)cc(OC)c1. The summed E-state index contributed by atoms with van der Waals surface area (Å²) in [4.78, 5) is 4.19. The van der Waals surface area contributed by atoms with Gasteiger partial charge in [0.05, 0.1) is 25.7 Å². The summed E-state index contributed by atoms with van der Waals surface area (Å²) in [5.74, 6) is 0.832. The lowest BCUT2D eigenvalue weighted by Gasteiger charge is -2.11. The Kier molecular flexibility index (Phi) is 4.85. The van der Waals surface area contributed by atoms with Gasteiger partial charge in [-0.25, -0.2) is 4.98 Å². The number of methoxy groups -OCH3 is 1. The van der Waals surface area contributed by atoms with E-state index in [1.807, 2.05) is 30.7 Å². The van der Waals surface area contributed by atoms with Crippen LogP contribution in [0.5, 0.6) is 5.75 Å². The van der Waals surface area contributed by atoms with E-state index in [4.69, 9.17) is 4.74 Å². The molecule has 4 nitrogen and oxygen atoms in total. The molecule has 0 radical (unpaired) electrons. The zero-order valence-electron chi connectivity index (χ0n) is 11.2. The second-order valence-electron chi connectivity index (χ2n) is 4.31. The Morgan fingerprint density at radius 2 is 2.21 bits per heavy atom. The first-order valence-corrected chi connectivity index (χ1v) is 7.09. The first-order chi connectivity index (χ1) is 9.22. The highest BCUT2D eigenvalue weighted by Gasteiger charge is 2.03. The monoisotopic (exact) mass is 323 g/mol.